The number of nitrogens with two attached hydrogens (primary N) is 1. The number of likely N-dealkylation sites (N-methyl/N-ethyl adjacent to an activating group) is 1. The lowest BCUT2D eigenvalue weighted by Gasteiger charge is -2.45. The predicted molar refractivity (Wildman–Crippen MR) is 67.5 cm³/mol. The Morgan fingerprint density at radius 2 is 1.94 bits per heavy atom. The van der Waals surface area contributed by atoms with Crippen LogP contribution in [-0.4, -0.2) is 42.1 Å². The van der Waals surface area contributed by atoms with Crippen LogP contribution in [0.25, 0.3) is 0 Å². The van der Waals surface area contributed by atoms with Gasteiger partial charge >= 0.3 is 0 Å². The Balaban J connectivity index is 2.30. The van der Waals surface area contributed by atoms with Crippen molar-refractivity contribution >= 4 is 11.6 Å². The molecule has 1 saturated heterocycles. The molecule has 2 rings (SSSR count). The molecule has 0 aliphatic carbocycles. The van der Waals surface area contributed by atoms with E-state index in [1.54, 1.807) is 0 Å². The largest absolute Gasteiger partial charge is 0.381 e. The first kappa shape index (κ1) is 13.0. The highest BCUT2D eigenvalue weighted by molar-refractivity contribution is 5.48. The second kappa shape index (κ2) is 4.35. The molecule has 2 heterocycles. The number of anilines is 2. The summed E-state index contributed by atoms with van der Waals surface area (Å²) >= 11 is 0. The van der Waals surface area contributed by atoms with E-state index in [1.165, 1.54) is 0 Å². The lowest BCUT2D eigenvalue weighted by atomic mass is 10.00. The average molecular weight is 256 g/mol. The summed E-state index contributed by atoms with van der Waals surface area (Å²) in [5.74, 6) is -1.61. The van der Waals surface area contributed by atoms with E-state index in [-0.39, 0.29) is 17.2 Å². The van der Waals surface area contributed by atoms with E-state index in [2.05, 4.69) is 23.7 Å². The van der Waals surface area contributed by atoms with Crippen molar-refractivity contribution in [2.24, 2.45) is 0 Å². The topological polar surface area (TPSA) is 45.4 Å². The maximum absolute atomic E-state index is 13.8. The standard InChI is InChI=1S/C12H18F2N4/c1-12(2)7-18(5-4-17(12)3)11-9(14)6-8(13)10(15)16-11/h6H,4-5,7H2,1-3H3,(H2,15,16). The van der Waals surface area contributed by atoms with E-state index in [9.17, 15) is 8.78 Å². The van der Waals surface area contributed by atoms with Gasteiger partial charge in [0, 0.05) is 31.2 Å². The third-order valence-corrected chi connectivity index (χ3v) is 3.55. The molecule has 1 aliphatic rings. The summed E-state index contributed by atoms with van der Waals surface area (Å²) in [5, 5.41) is 0. The molecule has 0 aromatic carbocycles. The van der Waals surface area contributed by atoms with E-state index < -0.39 is 11.6 Å². The van der Waals surface area contributed by atoms with E-state index >= 15 is 0 Å². The van der Waals surface area contributed by atoms with Gasteiger partial charge in [-0.15, -0.1) is 0 Å². The van der Waals surface area contributed by atoms with Gasteiger partial charge in [0.15, 0.2) is 23.3 Å². The first-order valence-electron chi connectivity index (χ1n) is 5.89. The first-order chi connectivity index (χ1) is 8.31. The van der Waals surface area contributed by atoms with Gasteiger partial charge in [-0.2, -0.15) is 0 Å². The van der Waals surface area contributed by atoms with Crippen molar-refractivity contribution in [3.8, 4) is 0 Å². The summed E-state index contributed by atoms with van der Waals surface area (Å²) < 4.78 is 26.8. The van der Waals surface area contributed by atoms with Crippen molar-refractivity contribution in [1.29, 1.82) is 0 Å². The molecule has 0 radical (unpaired) electrons. The van der Waals surface area contributed by atoms with Gasteiger partial charge in [0.05, 0.1) is 0 Å². The Labute approximate surface area is 105 Å². The molecule has 0 unspecified atom stereocenters. The molecular formula is C12H18F2N4. The molecule has 1 aliphatic heterocycles. The molecule has 100 valence electrons. The lowest BCUT2D eigenvalue weighted by molar-refractivity contribution is 0.138. The van der Waals surface area contributed by atoms with Crippen LogP contribution >= 0.6 is 0 Å². The normalized spacial score (nSPS) is 20.2. The molecule has 2 N–H and O–H groups in total. The fourth-order valence-electron chi connectivity index (χ4n) is 2.11. The van der Waals surface area contributed by atoms with E-state index in [0.29, 0.717) is 13.1 Å². The van der Waals surface area contributed by atoms with E-state index in [1.807, 2.05) is 11.9 Å². The summed E-state index contributed by atoms with van der Waals surface area (Å²) in [7, 11) is 2.03. The van der Waals surface area contributed by atoms with E-state index in [0.717, 1.165) is 12.6 Å². The van der Waals surface area contributed by atoms with Crippen molar-refractivity contribution in [3.63, 3.8) is 0 Å². The minimum Gasteiger partial charge on any atom is -0.381 e. The summed E-state index contributed by atoms with van der Waals surface area (Å²) in [5.41, 5.74) is 5.31. The quantitative estimate of drug-likeness (QED) is 0.826. The molecule has 1 aromatic heterocycles. The van der Waals surface area contributed by atoms with Gasteiger partial charge in [0.25, 0.3) is 0 Å². The Hall–Kier alpha value is -1.43. The van der Waals surface area contributed by atoms with Crippen molar-refractivity contribution in [3.05, 3.63) is 17.7 Å². The summed E-state index contributed by atoms with van der Waals surface area (Å²) in [6, 6.07) is 0.795. The molecular weight excluding hydrogens is 238 g/mol. The van der Waals surface area contributed by atoms with Crippen LogP contribution in [0.1, 0.15) is 13.8 Å². The molecule has 1 fully saturated rings. The minimum absolute atomic E-state index is 0.0878. The molecule has 0 spiro atoms. The van der Waals surface area contributed by atoms with Gasteiger partial charge in [-0.25, -0.2) is 13.8 Å². The van der Waals surface area contributed by atoms with Gasteiger partial charge in [-0.05, 0) is 20.9 Å². The highest BCUT2D eigenvalue weighted by Gasteiger charge is 2.32. The SMILES string of the molecule is CN1CCN(c2nc(N)c(F)cc2F)CC1(C)C. The van der Waals surface area contributed by atoms with Gasteiger partial charge in [-0.3, -0.25) is 4.90 Å². The van der Waals surface area contributed by atoms with Crippen LogP contribution < -0.4 is 10.6 Å². The number of pyridine rings is 1. The Kier molecular flexibility index (Phi) is 3.14. The predicted octanol–water partition coefficient (Wildman–Crippen LogP) is 1.47. The second-order valence-electron chi connectivity index (χ2n) is 5.32. The van der Waals surface area contributed by atoms with Crippen LogP contribution in [-0.2, 0) is 0 Å². The molecule has 0 amide bonds. The molecule has 0 bridgehead atoms. The fourth-order valence-corrected chi connectivity index (χ4v) is 2.11. The van der Waals surface area contributed by atoms with Crippen molar-refractivity contribution in [2.75, 3.05) is 37.3 Å². The van der Waals surface area contributed by atoms with Crippen LogP contribution in [0.5, 0.6) is 0 Å². The Bertz CT molecular complexity index is 462. The van der Waals surface area contributed by atoms with E-state index in [4.69, 9.17) is 5.73 Å². The molecule has 1 aromatic rings. The zero-order valence-corrected chi connectivity index (χ0v) is 10.9. The number of halogens is 2. The van der Waals surface area contributed by atoms with Crippen LogP contribution in [0.3, 0.4) is 0 Å². The average Bonchev–Trinajstić information content (AvgIpc) is 2.27. The number of aromatic nitrogens is 1. The maximum Gasteiger partial charge on any atom is 0.168 e. The number of piperazine rings is 1. The molecule has 0 atom stereocenters. The van der Waals surface area contributed by atoms with Crippen molar-refractivity contribution < 1.29 is 8.78 Å². The first-order valence-corrected chi connectivity index (χ1v) is 5.89. The third-order valence-electron chi connectivity index (χ3n) is 3.55. The zero-order valence-electron chi connectivity index (χ0n) is 10.9. The zero-order chi connectivity index (χ0) is 13.5. The lowest BCUT2D eigenvalue weighted by Crippen LogP contribution is -2.58. The number of nitrogens with zero attached hydrogens (tertiary/aromatic N) is 3. The smallest absolute Gasteiger partial charge is 0.168 e. The number of rotatable bonds is 1. The van der Waals surface area contributed by atoms with Gasteiger partial charge in [-0.1, -0.05) is 0 Å². The molecule has 0 saturated carbocycles. The van der Waals surface area contributed by atoms with Gasteiger partial charge < -0.3 is 10.6 Å². The van der Waals surface area contributed by atoms with Gasteiger partial charge in [0.1, 0.15) is 0 Å². The third kappa shape index (κ3) is 2.25. The summed E-state index contributed by atoms with van der Waals surface area (Å²) in [6.45, 7) is 6.21. The Morgan fingerprint density at radius 1 is 1.28 bits per heavy atom. The highest BCUT2D eigenvalue weighted by atomic mass is 19.1. The van der Waals surface area contributed by atoms with Crippen molar-refractivity contribution in [1.82, 2.24) is 9.88 Å². The number of hydrogen-bond acceptors (Lipinski definition) is 4. The second-order valence-corrected chi connectivity index (χ2v) is 5.32. The molecule has 6 heteroatoms. The highest BCUT2D eigenvalue weighted by Crippen LogP contribution is 2.26. The monoisotopic (exact) mass is 256 g/mol. The number of nitrogen functional groups attached to an aromatic ring is 1. The van der Waals surface area contributed by atoms with Crippen LogP contribution in [0.15, 0.2) is 6.07 Å². The van der Waals surface area contributed by atoms with Crippen LogP contribution in [0.2, 0.25) is 0 Å². The summed E-state index contributed by atoms with van der Waals surface area (Å²) in [4.78, 5) is 7.84. The van der Waals surface area contributed by atoms with Crippen LogP contribution in [0.4, 0.5) is 20.4 Å². The summed E-state index contributed by atoms with van der Waals surface area (Å²) in [6.07, 6.45) is 0. The van der Waals surface area contributed by atoms with Crippen LogP contribution in [0, 0.1) is 11.6 Å². The number of hydrogen-bond donors (Lipinski definition) is 1. The minimum atomic E-state index is -0.815. The van der Waals surface area contributed by atoms with Crippen molar-refractivity contribution in [2.45, 2.75) is 19.4 Å². The molecule has 18 heavy (non-hydrogen) atoms. The van der Waals surface area contributed by atoms with Gasteiger partial charge in [0.2, 0.25) is 0 Å². The fraction of sp³-hybridized carbons (Fsp3) is 0.583. The molecule has 4 nitrogen and oxygen atoms in total. The Morgan fingerprint density at radius 3 is 2.56 bits per heavy atom. The maximum atomic E-state index is 13.8.